The Morgan fingerprint density at radius 2 is 1.79 bits per heavy atom. The Hall–Kier alpha value is -2.33. The first-order valence-corrected chi connectivity index (χ1v) is 6.09. The van der Waals surface area contributed by atoms with Crippen molar-refractivity contribution in [1.82, 2.24) is 15.0 Å². The molecule has 0 saturated heterocycles. The Kier molecular flexibility index (Phi) is 2.93. The van der Waals surface area contributed by atoms with Crippen LogP contribution in [0.15, 0.2) is 54.7 Å². The lowest BCUT2D eigenvalue weighted by atomic mass is 10.2. The third kappa shape index (κ3) is 2.18. The Labute approximate surface area is 114 Å². The third-order valence-corrected chi connectivity index (χ3v) is 3.06. The summed E-state index contributed by atoms with van der Waals surface area (Å²) in [5.41, 5.74) is 2.11. The summed E-state index contributed by atoms with van der Waals surface area (Å²) in [6.07, 6.45) is 1.73. The SMILES string of the molecule is Oc1cccc(Cl)c1-n1cc(-c2ccccc2)nn1. The molecular weight excluding hydrogens is 262 g/mol. The monoisotopic (exact) mass is 271 g/mol. The van der Waals surface area contributed by atoms with Gasteiger partial charge in [-0.25, -0.2) is 4.68 Å². The number of hydrogen-bond acceptors (Lipinski definition) is 3. The molecule has 4 nitrogen and oxygen atoms in total. The molecule has 94 valence electrons. The molecule has 3 aromatic rings. The fourth-order valence-corrected chi connectivity index (χ4v) is 2.10. The molecule has 0 unspecified atom stereocenters. The van der Waals surface area contributed by atoms with E-state index in [1.807, 2.05) is 30.3 Å². The van der Waals surface area contributed by atoms with Gasteiger partial charge in [0.2, 0.25) is 0 Å². The summed E-state index contributed by atoms with van der Waals surface area (Å²) in [6.45, 7) is 0. The largest absolute Gasteiger partial charge is 0.506 e. The van der Waals surface area contributed by atoms with Crippen LogP contribution in [0.25, 0.3) is 16.9 Å². The van der Waals surface area contributed by atoms with E-state index in [1.165, 1.54) is 4.68 Å². The molecule has 19 heavy (non-hydrogen) atoms. The number of aromatic hydroxyl groups is 1. The third-order valence-electron chi connectivity index (χ3n) is 2.76. The van der Waals surface area contributed by atoms with Crippen LogP contribution in [0.2, 0.25) is 5.02 Å². The minimum absolute atomic E-state index is 0.0667. The van der Waals surface area contributed by atoms with E-state index < -0.39 is 0 Å². The van der Waals surface area contributed by atoms with E-state index in [9.17, 15) is 5.11 Å². The van der Waals surface area contributed by atoms with Gasteiger partial charge < -0.3 is 5.11 Å². The fourth-order valence-electron chi connectivity index (χ4n) is 1.85. The highest BCUT2D eigenvalue weighted by molar-refractivity contribution is 6.32. The highest BCUT2D eigenvalue weighted by atomic mass is 35.5. The van der Waals surface area contributed by atoms with E-state index in [1.54, 1.807) is 24.4 Å². The van der Waals surface area contributed by atoms with Gasteiger partial charge in [0.05, 0.1) is 11.2 Å². The van der Waals surface area contributed by atoms with Crippen LogP contribution in [0.1, 0.15) is 0 Å². The lowest BCUT2D eigenvalue weighted by Gasteiger charge is -2.04. The maximum atomic E-state index is 9.85. The van der Waals surface area contributed by atoms with Crippen molar-refractivity contribution in [3.05, 3.63) is 59.8 Å². The summed E-state index contributed by atoms with van der Waals surface area (Å²) in [4.78, 5) is 0. The minimum Gasteiger partial charge on any atom is -0.506 e. The Balaban J connectivity index is 2.07. The second kappa shape index (κ2) is 4.74. The lowest BCUT2D eigenvalue weighted by molar-refractivity contribution is 0.470. The number of nitrogens with zero attached hydrogens (tertiary/aromatic N) is 3. The minimum atomic E-state index is 0.0667. The molecular formula is C14H10ClN3O. The number of aromatic nitrogens is 3. The van der Waals surface area contributed by atoms with Crippen LogP contribution in [0.3, 0.4) is 0 Å². The molecule has 0 radical (unpaired) electrons. The van der Waals surface area contributed by atoms with Crippen molar-refractivity contribution in [1.29, 1.82) is 0 Å². The number of hydrogen-bond donors (Lipinski definition) is 1. The zero-order valence-corrected chi connectivity index (χ0v) is 10.6. The molecule has 0 saturated carbocycles. The molecule has 0 fully saturated rings. The molecule has 3 rings (SSSR count). The maximum absolute atomic E-state index is 9.85. The smallest absolute Gasteiger partial charge is 0.142 e. The molecule has 0 atom stereocenters. The summed E-state index contributed by atoms with van der Waals surface area (Å²) < 4.78 is 1.47. The van der Waals surface area contributed by atoms with Crippen molar-refractivity contribution in [2.45, 2.75) is 0 Å². The zero-order chi connectivity index (χ0) is 13.2. The van der Waals surface area contributed by atoms with Gasteiger partial charge in [0, 0.05) is 5.56 Å². The van der Waals surface area contributed by atoms with Gasteiger partial charge in [0.25, 0.3) is 0 Å². The lowest BCUT2D eigenvalue weighted by Crippen LogP contribution is -1.96. The summed E-state index contributed by atoms with van der Waals surface area (Å²) in [5.74, 6) is 0.0667. The number of rotatable bonds is 2. The van der Waals surface area contributed by atoms with E-state index in [0.29, 0.717) is 10.7 Å². The Bertz CT molecular complexity index is 689. The Morgan fingerprint density at radius 3 is 2.53 bits per heavy atom. The maximum Gasteiger partial charge on any atom is 0.142 e. The van der Waals surface area contributed by atoms with Gasteiger partial charge in [-0.3, -0.25) is 0 Å². The molecule has 0 aliphatic carbocycles. The quantitative estimate of drug-likeness (QED) is 0.778. The molecule has 0 spiro atoms. The first-order valence-electron chi connectivity index (χ1n) is 5.71. The normalized spacial score (nSPS) is 10.6. The average Bonchev–Trinajstić information content (AvgIpc) is 2.89. The van der Waals surface area contributed by atoms with E-state index in [4.69, 9.17) is 11.6 Å². The number of phenols is 1. The summed E-state index contributed by atoms with van der Waals surface area (Å²) in [5, 5.41) is 18.4. The van der Waals surface area contributed by atoms with Crippen LogP contribution in [0.5, 0.6) is 5.75 Å². The molecule has 1 heterocycles. The van der Waals surface area contributed by atoms with Gasteiger partial charge in [0.1, 0.15) is 17.1 Å². The highest BCUT2D eigenvalue weighted by Crippen LogP contribution is 2.29. The van der Waals surface area contributed by atoms with E-state index in [-0.39, 0.29) is 5.75 Å². The highest BCUT2D eigenvalue weighted by Gasteiger charge is 2.11. The number of halogens is 1. The Morgan fingerprint density at radius 1 is 1.00 bits per heavy atom. The van der Waals surface area contributed by atoms with Crippen molar-refractivity contribution >= 4 is 11.6 Å². The first-order chi connectivity index (χ1) is 9.25. The predicted molar refractivity (Wildman–Crippen MR) is 73.5 cm³/mol. The summed E-state index contributed by atoms with van der Waals surface area (Å²) in [7, 11) is 0. The van der Waals surface area contributed by atoms with E-state index in [2.05, 4.69) is 10.3 Å². The average molecular weight is 272 g/mol. The van der Waals surface area contributed by atoms with Crippen molar-refractivity contribution in [3.8, 4) is 22.7 Å². The van der Waals surface area contributed by atoms with Gasteiger partial charge in [-0.05, 0) is 12.1 Å². The number of benzene rings is 2. The molecule has 2 aromatic carbocycles. The van der Waals surface area contributed by atoms with Crippen LogP contribution in [0.4, 0.5) is 0 Å². The van der Waals surface area contributed by atoms with Crippen LogP contribution in [0, 0.1) is 0 Å². The molecule has 1 N–H and O–H groups in total. The number of para-hydroxylation sites is 1. The van der Waals surface area contributed by atoms with Gasteiger partial charge in [-0.1, -0.05) is 53.2 Å². The van der Waals surface area contributed by atoms with Crippen LogP contribution < -0.4 is 0 Å². The molecule has 5 heteroatoms. The standard InChI is InChI=1S/C14H10ClN3O/c15-11-7-4-8-13(19)14(11)18-9-12(16-17-18)10-5-2-1-3-6-10/h1-9,19H. The topological polar surface area (TPSA) is 50.9 Å². The van der Waals surface area contributed by atoms with Crippen molar-refractivity contribution in [2.24, 2.45) is 0 Å². The van der Waals surface area contributed by atoms with Crippen molar-refractivity contribution < 1.29 is 5.11 Å². The van der Waals surface area contributed by atoms with Crippen molar-refractivity contribution in [2.75, 3.05) is 0 Å². The molecule has 1 aromatic heterocycles. The van der Waals surface area contributed by atoms with Crippen LogP contribution in [-0.4, -0.2) is 20.1 Å². The van der Waals surface area contributed by atoms with E-state index >= 15 is 0 Å². The van der Waals surface area contributed by atoms with Gasteiger partial charge >= 0.3 is 0 Å². The first kappa shape index (κ1) is 11.7. The van der Waals surface area contributed by atoms with Gasteiger partial charge in [0.15, 0.2) is 0 Å². The number of phenolic OH excluding ortho intramolecular Hbond substituents is 1. The molecule has 0 aliphatic heterocycles. The second-order valence-electron chi connectivity index (χ2n) is 4.02. The second-order valence-corrected chi connectivity index (χ2v) is 4.43. The summed E-state index contributed by atoms with van der Waals surface area (Å²) in [6, 6.07) is 14.6. The molecule has 0 aliphatic rings. The van der Waals surface area contributed by atoms with Crippen molar-refractivity contribution in [3.63, 3.8) is 0 Å². The molecule has 0 amide bonds. The van der Waals surface area contributed by atoms with Crippen LogP contribution >= 0.6 is 11.6 Å². The predicted octanol–water partition coefficient (Wildman–Crippen LogP) is 3.29. The summed E-state index contributed by atoms with van der Waals surface area (Å²) >= 11 is 6.07. The molecule has 0 bridgehead atoms. The van der Waals surface area contributed by atoms with Crippen LogP contribution in [-0.2, 0) is 0 Å². The van der Waals surface area contributed by atoms with Gasteiger partial charge in [-0.15, -0.1) is 5.10 Å². The zero-order valence-electron chi connectivity index (χ0n) is 9.86. The van der Waals surface area contributed by atoms with Gasteiger partial charge in [-0.2, -0.15) is 0 Å². The van der Waals surface area contributed by atoms with E-state index in [0.717, 1.165) is 11.3 Å². The fraction of sp³-hybridized carbons (Fsp3) is 0.